The molecule has 0 aromatic carbocycles. The smallest absolute Gasteiger partial charge is 0.0396 e. The quantitative estimate of drug-likeness (QED) is 0.541. The number of allylic oxidation sites excluding steroid dienone is 2. The van der Waals surface area contributed by atoms with Gasteiger partial charge in [-0.2, -0.15) is 0 Å². The van der Waals surface area contributed by atoms with E-state index in [0.717, 1.165) is 0 Å². The van der Waals surface area contributed by atoms with Crippen molar-refractivity contribution in [2.24, 2.45) is 5.41 Å². The van der Waals surface area contributed by atoms with Gasteiger partial charge in [0.15, 0.2) is 0 Å². The van der Waals surface area contributed by atoms with Gasteiger partial charge >= 0.3 is 0 Å². The van der Waals surface area contributed by atoms with Crippen molar-refractivity contribution in [3.63, 3.8) is 0 Å². The molecule has 1 aliphatic rings. The lowest BCUT2D eigenvalue weighted by Gasteiger charge is -2.29. The van der Waals surface area contributed by atoms with Gasteiger partial charge in [-0.1, -0.05) is 20.8 Å². The van der Waals surface area contributed by atoms with Crippen molar-refractivity contribution < 1.29 is 0 Å². The molecule has 122 valence electrons. The fourth-order valence-electron chi connectivity index (χ4n) is 3.07. The number of hydrogen-bond acceptors (Lipinski definition) is 3. The second-order valence-electron chi connectivity index (χ2n) is 7.34. The number of aryl methyl sites for hydroxylation is 2. The molecule has 2 aromatic heterocycles. The largest absolute Gasteiger partial charge is 0.149 e. The molecule has 3 rings (SSSR count). The molecule has 0 amide bonds. The summed E-state index contributed by atoms with van der Waals surface area (Å²) in [4.78, 5) is 4.18. The van der Waals surface area contributed by atoms with Gasteiger partial charge in [-0.3, -0.25) is 0 Å². The van der Waals surface area contributed by atoms with Crippen LogP contribution in [0.2, 0.25) is 0 Å². The summed E-state index contributed by atoms with van der Waals surface area (Å²) in [5, 5.41) is 5.14. The Bertz CT molecular complexity index is 736. The standard InChI is InChI=1S/C20H24S3/c1-12-7-15(10-21-12)18(16-8-13(2)22-11-16)17-9-14(3)23-19(17)20(4,5)6/h7-11,19H,1-6H3. The van der Waals surface area contributed by atoms with E-state index in [9.17, 15) is 0 Å². The predicted octanol–water partition coefficient (Wildman–Crippen LogP) is 7.29. The van der Waals surface area contributed by atoms with Crippen LogP contribution in [0.4, 0.5) is 0 Å². The molecular formula is C20H24S3. The molecule has 3 heteroatoms. The zero-order chi connectivity index (χ0) is 16.8. The molecule has 0 aliphatic carbocycles. The lowest BCUT2D eigenvalue weighted by atomic mass is 9.83. The first-order chi connectivity index (χ1) is 10.8. The molecule has 0 saturated carbocycles. The first kappa shape index (κ1) is 17.1. The number of hydrogen-bond donors (Lipinski definition) is 0. The van der Waals surface area contributed by atoms with Crippen LogP contribution in [0, 0.1) is 19.3 Å². The van der Waals surface area contributed by atoms with Crippen LogP contribution in [0.5, 0.6) is 0 Å². The molecule has 0 N–H and O–H groups in total. The molecular weight excluding hydrogens is 336 g/mol. The van der Waals surface area contributed by atoms with Gasteiger partial charge in [0.05, 0.1) is 0 Å². The topological polar surface area (TPSA) is 0 Å². The van der Waals surface area contributed by atoms with Crippen molar-refractivity contribution in [3.05, 3.63) is 60.3 Å². The van der Waals surface area contributed by atoms with Crippen LogP contribution in [0.3, 0.4) is 0 Å². The molecule has 0 saturated heterocycles. The van der Waals surface area contributed by atoms with E-state index < -0.39 is 0 Å². The Labute approximate surface area is 152 Å². The maximum atomic E-state index is 2.41. The van der Waals surface area contributed by atoms with E-state index in [0.29, 0.717) is 5.25 Å². The van der Waals surface area contributed by atoms with Crippen LogP contribution >= 0.6 is 34.4 Å². The average molecular weight is 361 g/mol. The third-order valence-electron chi connectivity index (χ3n) is 4.06. The van der Waals surface area contributed by atoms with E-state index in [4.69, 9.17) is 0 Å². The third-order valence-corrected chi connectivity index (χ3v) is 7.47. The Balaban J connectivity index is 2.25. The summed E-state index contributed by atoms with van der Waals surface area (Å²) in [6.45, 7) is 13.7. The lowest BCUT2D eigenvalue weighted by Crippen LogP contribution is -2.23. The minimum Gasteiger partial charge on any atom is -0.149 e. The van der Waals surface area contributed by atoms with Crippen LogP contribution in [-0.4, -0.2) is 5.25 Å². The fourth-order valence-corrected chi connectivity index (χ4v) is 5.69. The monoisotopic (exact) mass is 360 g/mol. The first-order valence-electron chi connectivity index (χ1n) is 7.96. The maximum absolute atomic E-state index is 2.41. The normalized spacial score (nSPS) is 18.4. The van der Waals surface area contributed by atoms with Crippen molar-refractivity contribution in [1.82, 2.24) is 0 Å². The summed E-state index contributed by atoms with van der Waals surface area (Å²) >= 11 is 5.71. The summed E-state index contributed by atoms with van der Waals surface area (Å²) < 4.78 is 0. The van der Waals surface area contributed by atoms with E-state index in [2.05, 4.69) is 70.5 Å². The van der Waals surface area contributed by atoms with Crippen molar-refractivity contribution >= 4 is 40.0 Å². The van der Waals surface area contributed by atoms with Crippen molar-refractivity contribution in [1.29, 1.82) is 0 Å². The zero-order valence-corrected chi connectivity index (χ0v) is 17.1. The van der Waals surface area contributed by atoms with Crippen molar-refractivity contribution in [2.75, 3.05) is 0 Å². The maximum Gasteiger partial charge on any atom is 0.0396 e. The van der Waals surface area contributed by atoms with Gasteiger partial charge in [0.1, 0.15) is 0 Å². The van der Waals surface area contributed by atoms with Crippen LogP contribution < -0.4 is 0 Å². The van der Waals surface area contributed by atoms with Crippen LogP contribution in [0.25, 0.3) is 5.57 Å². The predicted molar refractivity (Wildman–Crippen MR) is 109 cm³/mol. The molecule has 1 unspecified atom stereocenters. The summed E-state index contributed by atoms with van der Waals surface area (Å²) in [5.74, 6) is 0. The summed E-state index contributed by atoms with van der Waals surface area (Å²) in [5.41, 5.74) is 5.93. The Morgan fingerprint density at radius 2 is 1.43 bits per heavy atom. The zero-order valence-electron chi connectivity index (χ0n) is 14.7. The van der Waals surface area contributed by atoms with E-state index in [1.54, 1.807) is 0 Å². The third kappa shape index (κ3) is 3.52. The van der Waals surface area contributed by atoms with Crippen LogP contribution in [-0.2, 0) is 0 Å². The Kier molecular flexibility index (Phi) is 4.65. The van der Waals surface area contributed by atoms with E-state index in [1.807, 2.05) is 34.4 Å². The second kappa shape index (κ2) is 6.27. The highest BCUT2D eigenvalue weighted by Crippen LogP contribution is 2.49. The molecule has 3 heterocycles. The van der Waals surface area contributed by atoms with Gasteiger partial charge in [-0.25, -0.2) is 0 Å². The van der Waals surface area contributed by atoms with Crippen molar-refractivity contribution in [2.45, 2.75) is 46.8 Å². The Hall–Kier alpha value is -0.770. The van der Waals surface area contributed by atoms with E-state index >= 15 is 0 Å². The number of thioether (sulfide) groups is 1. The summed E-state index contributed by atoms with van der Waals surface area (Å²) in [6, 6.07) is 4.68. The molecule has 1 atom stereocenters. The molecule has 0 radical (unpaired) electrons. The summed E-state index contributed by atoms with van der Waals surface area (Å²) in [6.07, 6.45) is 2.41. The molecule has 23 heavy (non-hydrogen) atoms. The first-order valence-corrected chi connectivity index (χ1v) is 10.6. The summed E-state index contributed by atoms with van der Waals surface area (Å²) in [7, 11) is 0. The Morgan fingerprint density at radius 3 is 1.83 bits per heavy atom. The average Bonchev–Trinajstić information content (AvgIpc) is 3.12. The molecule has 1 aliphatic heterocycles. The van der Waals surface area contributed by atoms with Crippen molar-refractivity contribution in [3.8, 4) is 0 Å². The second-order valence-corrected chi connectivity index (χ2v) is 10.9. The fraction of sp³-hybridized carbons (Fsp3) is 0.400. The van der Waals surface area contributed by atoms with Gasteiger partial charge in [-0.15, -0.1) is 34.4 Å². The minimum absolute atomic E-state index is 0.246. The van der Waals surface area contributed by atoms with Gasteiger partial charge in [0.2, 0.25) is 0 Å². The molecule has 0 fully saturated rings. The molecule has 0 spiro atoms. The van der Waals surface area contributed by atoms with E-state index in [-0.39, 0.29) is 5.41 Å². The van der Waals surface area contributed by atoms with Gasteiger partial charge < -0.3 is 0 Å². The highest BCUT2D eigenvalue weighted by molar-refractivity contribution is 8.04. The van der Waals surface area contributed by atoms with Crippen LogP contribution in [0.15, 0.2) is 39.4 Å². The van der Waals surface area contributed by atoms with Gasteiger partial charge in [-0.05, 0) is 82.3 Å². The SMILES string of the molecule is CC1=CC(=C(c2csc(C)c2)c2csc(C)c2)C(C(C)(C)C)S1. The number of rotatable bonds is 2. The van der Waals surface area contributed by atoms with Crippen LogP contribution in [0.1, 0.15) is 48.6 Å². The minimum atomic E-state index is 0.246. The lowest BCUT2D eigenvalue weighted by molar-refractivity contribution is 0.428. The Morgan fingerprint density at radius 1 is 0.913 bits per heavy atom. The number of thiophene rings is 2. The highest BCUT2D eigenvalue weighted by Gasteiger charge is 2.34. The molecule has 0 nitrogen and oxygen atoms in total. The van der Waals surface area contributed by atoms with E-state index in [1.165, 1.54) is 36.9 Å². The highest BCUT2D eigenvalue weighted by atomic mass is 32.2. The molecule has 0 bridgehead atoms. The molecule has 2 aromatic rings. The van der Waals surface area contributed by atoms with Gasteiger partial charge in [0.25, 0.3) is 0 Å². The van der Waals surface area contributed by atoms with Gasteiger partial charge in [0, 0.05) is 15.0 Å².